The van der Waals surface area contributed by atoms with Crippen molar-refractivity contribution in [3.05, 3.63) is 17.9 Å². The molecule has 1 aromatic heterocycles. The molecule has 21 heavy (non-hydrogen) atoms. The van der Waals surface area contributed by atoms with Gasteiger partial charge in [0.25, 0.3) is 10.0 Å². The van der Waals surface area contributed by atoms with Crippen molar-refractivity contribution in [1.82, 2.24) is 10.0 Å². The molecule has 1 fully saturated rings. The normalized spacial score (nSPS) is 20.0. The van der Waals surface area contributed by atoms with Gasteiger partial charge in [-0.05, 0) is 45.2 Å². The van der Waals surface area contributed by atoms with E-state index >= 15 is 0 Å². The molecule has 1 aliphatic rings. The molecule has 6 nitrogen and oxygen atoms in total. The molecule has 0 spiro atoms. The zero-order valence-electron chi connectivity index (χ0n) is 12.8. The van der Waals surface area contributed by atoms with Crippen molar-refractivity contribution in [2.75, 3.05) is 19.8 Å². The largest absolute Gasteiger partial charge is 0.447 e. The number of nitrogens with one attached hydrogen (secondary N) is 2. The van der Waals surface area contributed by atoms with Crippen LogP contribution in [0.1, 0.15) is 33.0 Å². The summed E-state index contributed by atoms with van der Waals surface area (Å²) in [6.45, 7) is 8.32. The molecule has 0 aromatic carbocycles. The van der Waals surface area contributed by atoms with E-state index in [0.717, 1.165) is 6.42 Å². The van der Waals surface area contributed by atoms with Crippen LogP contribution in [-0.2, 0) is 21.3 Å². The summed E-state index contributed by atoms with van der Waals surface area (Å²) < 4.78 is 37.5. The van der Waals surface area contributed by atoms with E-state index in [2.05, 4.69) is 10.0 Å². The Morgan fingerprint density at radius 1 is 1.33 bits per heavy atom. The fourth-order valence-corrected chi connectivity index (χ4v) is 3.05. The van der Waals surface area contributed by atoms with Crippen LogP contribution in [0.3, 0.4) is 0 Å². The van der Waals surface area contributed by atoms with Crippen molar-refractivity contribution in [2.45, 2.75) is 44.4 Å². The molecule has 0 radical (unpaired) electrons. The Balaban J connectivity index is 1.92. The summed E-state index contributed by atoms with van der Waals surface area (Å²) in [7, 11) is -3.58. The van der Waals surface area contributed by atoms with E-state index in [0.29, 0.717) is 32.1 Å². The molecule has 1 aliphatic heterocycles. The van der Waals surface area contributed by atoms with Crippen LogP contribution in [0.4, 0.5) is 0 Å². The number of rotatable bonds is 6. The molecule has 1 unspecified atom stereocenters. The molecule has 0 amide bonds. The van der Waals surface area contributed by atoms with Crippen molar-refractivity contribution < 1.29 is 17.6 Å². The van der Waals surface area contributed by atoms with Gasteiger partial charge in [-0.15, -0.1) is 0 Å². The highest BCUT2D eigenvalue weighted by atomic mass is 32.2. The van der Waals surface area contributed by atoms with Crippen LogP contribution in [0.5, 0.6) is 0 Å². The van der Waals surface area contributed by atoms with Crippen molar-refractivity contribution in [1.29, 1.82) is 0 Å². The number of hydrogen-bond donors (Lipinski definition) is 2. The monoisotopic (exact) mass is 316 g/mol. The average Bonchev–Trinajstić information content (AvgIpc) is 3.05. The zero-order chi connectivity index (χ0) is 15.5. The Kier molecular flexibility index (Phi) is 5.08. The van der Waals surface area contributed by atoms with Gasteiger partial charge >= 0.3 is 0 Å². The van der Waals surface area contributed by atoms with Gasteiger partial charge in [0.15, 0.2) is 0 Å². The molecule has 2 rings (SSSR count). The highest BCUT2D eigenvalue weighted by molar-refractivity contribution is 7.89. The van der Waals surface area contributed by atoms with E-state index in [-0.39, 0.29) is 16.5 Å². The van der Waals surface area contributed by atoms with Gasteiger partial charge in [-0.2, -0.15) is 0 Å². The zero-order valence-corrected chi connectivity index (χ0v) is 13.6. The lowest BCUT2D eigenvalue weighted by Gasteiger charge is -2.19. The molecule has 0 aliphatic carbocycles. The Morgan fingerprint density at radius 3 is 2.71 bits per heavy atom. The van der Waals surface area contributed by atoms with Gasteiger partial charge < -0.3 is 14.5 Å². The summed E-state index contributed by atoms with van der Waals surface area (Å²) in [5, 5.41) is 3.22. The molecule has 1 aromatic rings. The number of ether oxygens (including phenoxy) is 1. The highest BCUT2D eigenvalue weighted by Crippen LogP contribution is 2.16. The van der Waals surface area contributed by atoms with Crippen LogP contribution in [0.2, 0.25) is 0 Å². The summed E-state index contributed by atoms with van der Waals surface area (Å²) >= 11 is 0. The SMILES string of the molecule is CC(C)(C)NCc1ccc(S(=O)(=O)NCC2CCOC2)o1. The van der Waals surface area contributed by atoms with Crippen LogP contribution in [0.25, 0.3) is 0 Å². The topological polar surface area (TPSA) is 80.6 Å². The lowest BCUT2D eigenvalue weighted by atomic mass is 10.1. The second-order valence-electron chi connectivity index (χ2n) is 6.41. The minimum absolute atomic E-state index is 0.0351. The molecule has 2 N–H and O–H groups in total. The molecular weight excluding hydrogens is 292 g/mol. The first-order valence-corrected chi connectivity index (χ1v) is 8.66. The van der Waals surface area contributed by atoms with Crippen molar-refractivity contribution >= 4 is 10.0 Å². The maximum absolute atomic E-state index is 12.1. The van der Waals surface area contributed by atoms with E-state index in [1.807, 2.05) is 20.8 Å². The van der Waals surface area contributed by atoms with E-state index in [9.17, 15) is 8.42 Å². The lowest BCUT2D eigenvalue weighted by Crippen LogP contribution is -2.34. The lowest BCUT2D eigenvalue weighted by molar-refractivity contribution is 0.186. The first kappa shape index (κ1) is 16.5. The molecule has 1 saturated heterocycles. The van der Waals surface area contributed by atoms with Crippen LogP contribution in [-0.4, -0.2) is 33.7 Å². The second kappa shape index (κ2) is 6.48. The van der Waals surface area contributed by atoms with E-state index in [4.69, 9.17) is 9.15 Å². The molecule has 7 heteroatoms. The third kappa shape index (κ3) is 5.10. The Morgan fingerprint density at radius 2 is 2.10 bits per heavy atom. The highest BCUT2D eigenvalue weighted by Gasteiger charge is 2.23. The third-order valence-electron chi connectivity index (χ3n) is 3.28. The average molecular weight is 316 g/mol. The summed E-state index contributed by atoms with van der Waals surface area (Å²) in [5.41, 5.74) is -0.0491. The molecule has 0 bridgehead atoms. The van der Waals surface area contributed by atoms with Gasteiger partial charge in [0, 0.05) is 18.7 Å². The van der Waals surface area contributed by atoms with Gasteiger partial charge in [0.2, 0.25) is 5.09 Å². The van der Waals surface area contributed by atoms with Crippen LogP contribution in [0.15, 0.2) is 21.6 Å². The van der Waals surface area contributed by atoms with Gasteiger partial charge in [0.1, 0.15) is 5.76 Å². The van der Waals surface area contributed by atoms with Crippen molar-refractivity contribution in [2.24, 2.45) is 5.92 Å². The van der Waals surface area contributed by atoms with Crippen LogP contribution >= 0.6 is 0 Å². The first-order valence-electron chi connectivity index (χ1n) is 7.17. The van der Waals surface area contributed by atoms with Crippen molar-refractivity contribution in [3.63, 3.8) is 0 Å². The minimum atomic E-state index is -3.58. The summed E-state index contributed by atoms with van der Waals surface area (Å²) in [6.07, 6.45) is 0.890. The summed E-state index contributed by atoms with van der Waals surface area (Å²) in [6, 6.07) is 3.18. The second-order valence-corrected chi connectivity index (χ2v) is 8.10. The maximum atomic E-state index is 12.1. The number of hydrogen-bond acceptors (Lipinski definition) is 5. The Hall–Kier alpha value is -0.890. The van der Waals surface area contributed by atoms with E-state index < -0.39 is 10.0 Å². The van der Waals surface area contributed by atoms with Crippen LogP contribution in [0, 0.1) is 5.92 Å². The number of sulfonamides is 1. The summed E-state index contributed by atoms with van der Waals surface area (Å²) in [4.78, 5) is 0. The van der Waals surface area contributed by atoms with Crippen molar-refractivity contribution in [3.8, 4) is 0 Å². The van der Waals surface area contributed by atoms with Gasteiger partial charge in [-0.3, -0.25) is 0 Å². The Labute approximate surface area is 126 Å². The first-order chi connectivity index (χ1) is 9.76. The molecular formula is C14H24N2O4S. The molecule has 120 valence electrons. The standard InChI is InChI=1S/C14H24N2O4S/c1-14(2,3)15-9-12-4-5-13(20-12)21(17,18)16-8-11-6-7-19-10-11/h4-5,11,15-16H,6-10H2,1-3H3. The molecule has 1 atom stereocenters. The fraction of sp³-hybridized carbons (Fsp3) is 0.714. The van der Waals surface area contributed by atoms with Gasteiger partial charge in [0.05, 0.1) is 13.2 Å². The third-order valence-corrected chi connectivity index (χ3v) is 4.58. The van der Waals surface area contributed by atoms with E-state index in [1.54, 1.807) is 6.07 Å². The van der Waals surface area contributed by atoms with Crippen LogP contribution < -0.4 is 10.0 Å². The maximum Gasteiger partial charge on any atom is 0.273 e. The molecule has 0 saturated carbocycles. The number of furan rings is 1. The smallest absolute Gasteiger partial charge is 0.273 e. The fourth-order valence-electron chi connectivity index (χ4n) is 1.99. The predicted molar refractivity (Wildman–Crippen MR) is 79.4 cm³/mol. The summed E-state index contributed by atoms with van der Waals surface area (Å²) in [5.74, 6) is 0.853. The van der Waals surface area contributed by atoms with Gasteiger partial charge in [-0.1, -0.05) is 0 Å². The Bertz CT molecular complexity index is 554. The predicted octanol–water partition coefficient (Wildman–Crippen LogP) is 1.48. The minimum Gasteiger partial charge on any atom is -0.447 e. The quantitative estimate of drug-likeness (QED) is 0.831. The van der Waals surface area contributed by atoms with E-state index in [1.165, 1.54) is 6.07 Å². The molecule has 2 heterocycles. The van der Waals surface area contributed by atoms with Gasteiger partial charge in [-0.25, -0.2) is 13.1 Å².